The van der Waals surface area contributed by atoms with E-state index in [4.69, 9.17) is 5.11 Å². The van der Waals surface area contributed by atoms with Gasteiger partial charge in [0.15, 0.2) is 5.69 Å². The SMILES string of the molecule is CC1CCCN(CC(C)c2nc(C(=O)O)cs2)C1. The summed E-state index contributed by atoms with van der Waals surface area (Å²) in [6.07, 6.45) is 2.59. The fourth-order valence-corrected chi connectivity index (χ4v) is 3.37. The van der Waals surface area contributed by atoms with Crippen molar-refractivity contribution in [1.29, 1.82) is 0 Å². The lowest BCUT2D eigenvalue weighted by molar-refractivity contribution is 0.0691. The maximum absolute atomic E-state index is 10.8. The molecule has 2 heterocycles. The molecule has 100 valence electrons. The molecule has 1 fully saturated rings. The largest absolute Gasteiger partial charge is 0.476 e. The van der Waals surface area contributed by atoms with Gasteiger partial charge in [0, 0.05) is 24.4 Å². The number of piperidine rings is 1. The predicted octanol–water partition coefficient (Wildman–Crippen LogP) is 2.68. The van der Waals surface area contributed by atoms with Gasteiger partial charge in [-0.15, -0.1) is 11.3 Å². The van der Waals surface area contributed by atoms with Gasteiger partial charge in [-0.2, -0.15) is 0 Å². The highest BCUT2D eigenvalue weighted by atomic mass is 32.1. The van der Waals surface area contributed by atoms with Crippen molar-refractivity contribution in [2.24, 2.45) is 5.92 Å². The monoisotopic (exact) mass is 268 g/mol. The second-order valence-electron chi connectivity index (χ2n) is 5.28. The summed E-state index contributed by atoms with van der Waals surface area (Å²) in [5, 5.41) is 11.4. The Morgan fingerprint density at radius 3 is 3.11 bits per heavy atom. The third-order valence-electron chi connectivity index (χ3n) is 3.44. The fourth-order valence-electron chi connectivity index (χ4n) is 2.53. The van der Waals surface area contributed by atoms with Crippen LogP contribution in [-0.2, 0) is 0 Å². The third kappa shape index (κ3) is 3.29. The summed E-state index contributed by atoms with van der Waals surface area (Å²) in [5.74, 6) is 0.154. The predicted molar refractivity (Wildman–Crippen MR) is 72.3 cm³/mol. The molecule has 1 N–H and O–H groups in total. The first kappa shape index (κ1) is 13.5. The van der Waals surface area contributed by atoms with Gasteiger partial charge in [0.1, 0.15) is 0 Å². The van der Waals surface area contributed by atoms with Crippen molar-refractivity contribution in [2.45, 2.75) is 32.6 Å². The van der Waals surface area contributed by atoms with E-state index in [2.05, 4.69) is 23.7 Å². The number of carboxylic acids is 1. The molecule has 2 atom stereocenters. The Morgan fingerprint density at radius 1 is 1.72 bits per heavy atom. The van der Waals surface area contributed by atoms with E-state index in [0.717, 1.165) is 30.6 Å². The van der Waals surface area contributed by atoms with Gasteiger partial charge in [-0.05, 0) is 25.3 Å². The van der Waals surface area contributed by atoms with Gasteiger partial charge in [0.05, 0.1) is 5.01 Å². The van der Waals surface area contributed by atoms with Gasteiger partial charge in [-0.1, -0.05) is 13.8 Å². The summed E-state index contributed by atoms with van der Waals surface area (Å²) in [4.78, 5) is 17.5. The Hall–Kier alpha value is -0.940. The van der Waals surface area contributed by atoms with Crippen LogP contribution in [0.25, 0.3) is 0 Å². The minimum absolute atomic E-state index is 0.175. The number of hydrogen-bond acceptors (Lipinski definition) is 4. The maximum Gasteiger partial charge on any atom is 0.355 e. The highest BCUT2D eigenvalue weighted by molar-refractivity contribution is 7.09. The second-order valence-corrected chi connectivity index (χ2v) is 6.17. The first-order valence-electron chi connectivity index (χ1n) is 6.47. The van der Waals surface area contributed by atoms with Crippen molar-refractivity contribution in [2.75, 3.05) is 19.6 Å². The summed E-state index contributed by atoms with van der Waals surface area (Å²) >= 11 is 1.46. The van der Waals surface area contributed by atoms with Crippen LogP contribution in [0.1, 0.15) is 48.1 Å². The lowest BCUT2D eigenvalue weighted by Crippen LogP contribution is -2.36. The molecule has 0 saturated carbocycles. The van der Waals surface area contributed by atoms with Crippen molar-refractivity contribution in [3.05, 3.63) is 16.1 Å². The average molecular weight is 268 g/mol. The quantitative estimate of drug-likeness (QED) is 0.912. The van der Waals surface area contributed by atoms with Gasteiger partial charge in [-0.3, -0.25) is 0 Å². The molecule has 0 amide bonds. The van der Waals surface area contributed by atoms with E-state index in [9.17, 15) is 4.79 Å². The summed E-state index contributed by atoms with van der Waals surface area (Å²) in [6, 6.07) is 0. The highest BCUT2D eigenvalue weighted by Crippen LogP contribution is 2.23. The zero-order valence-corrected chi connectivity index (χ0v) is 11.7. The Bertz CT molecular complexity index is 419. The fraction of sp³-hybridized carbons (Fsp3) is 0.692. The summed E-state index contributed by atoms with van der Waals surface area (Å²) in [5.41, 5.74) is 0.175. The van der Waals surface area contributed by atoms with Crippen molar-refractivity contribution in [1.82, 2.24) is 9.88 Å². The van der Waals surface area contributed by atoms with Gasteiger partial charge in [0.25, 0.3) is 0 Å². The minimum atomic E-state index is -0.934. The number of carboxylic acid groups (broad SMARTS) is 1. The standard InChI is InChI=1S/C13H20N2O2S/c1-9-4-3-5-15(6-9)7-10(2)12-14-11(8-18-12)13(16)17/h8-10H,3-7H2,1-2H3,(H,16,17). The zero-order chi connectivity index (χ0) is 13.1. The molecule has 1 aliphatic rings. The van der Waals surface area contributed by atoms with Crippen LogP contribution >= 0.6 is 11.3 Å². The van der Waals surface area contributed by atoms with Gasteiger partial charge in [-0.25, -0.2) is 9.78 Å². The van der Waals surface area contributed by atoms with Crippen LogP contribution in [0.4, 0.5) is 0 Å². The molecule has 0 spiro atoms. The van der Waals surface area contributed by atoms with Crippen LogP contribution in [-0.4, -0.2) is 40.6 Å². The average Bonchev–Trinajstić information content (AvgIpc) is 2.78. The topological polar surface area (TPSA) is 53.4 Å². The number of aromatic nitrogens is 1. The number of thiazole rings is 1. The van der Waals surface area contributed by atoms with E-state index >= 15 is 0 Å². The third-order valence-corrected chi connectivity index (χ3v) is 4.51. The van der Waals surface area contributed by atoms with Gasteiger partial charge < -0.3 is 10.0 Å². The van der Waals surface area contributed by atoms with E-state index in [0.29, 0.717) is 5.92 Å². The Morgan fingerprint density at radius 2 is 2.50 bits per heavy atom. The molecule has 18 heavy (non-hydrogen) atoms. The molecule has 0 aliphatic carbocycles. The molecule has 4 nitrogen and oxygen atoms in total. The Labute approximate surface area is 112 Å². The van der Waals surface area contributed by atoms with E-state index in [1.807, 2.05) is 0 Å². The molecular weight excluding hydrogens is 248 g/mol. The first-order valence-corrected chi connectivity index (χ1v) is 7.35. The smallest absolute Gasteiger partial charge is 0.355 e. The molecule has 0 radical (unpaired) electrons. The molecule has 1 aromatic heterocycles. The zero-order valence-electron chi connectivity index (χ0n) is 10.9. The molecule has 1 aromatic rings. The molecule has 1 aliphatic heterocycles. The normalized spacial score (nSPS) is 22.9. The number of carbonyl (C=O) groups is 1. The van der Waals surface area contributed by atoms with Crippen molar-refractivity contribution < 1.29 is 9.90 Å². The van der Waals surface area contributed by atoms with Crippen molar-refractivity contribution in [3.8, 4) is 0 Å². The van der Waals surface area contributed by atoms with Gasteiger partial charge >= 0.3 is 5.97 Å². The van der Waals surface area contributed by atoms with E-state index in [1.165, 1.54) is 24.2 Å². The molecule has 2 rings (SSSR count). The maximum atomic E-state index is 10.8. The van der Waals surface area contributed by atoms with Crippen LogP contribution in [0.2, 0.25) is 0 Å². The van der Waals surface area contributed by atoms with Crippen LogP contribution < -0.4 is 0 Å². The van der Waals surface area contributed by atoms with Gasteiger partial charge in [0.2, 0.25) is 0 Å². The number of rotatable bonds is 4. The number of aromatic carboxylic acids is 1. The molecule has 5 heteroatoms. The molecule has 0 bridgehead atoms. The highest BCUT2D eigenvalue weighted by Gasteiger charge is 2.20. The van der Waals surface area contributed by atoms with E-state index in [1.54, 1.807) is 5.38 Å². The van der Waals surface area contributed by atoms with Crippen LogP contribution in [0.3, 0.4) is 0 Å². The van der Waals surface area contributed by atoms with Crippen LogP contribution in [0, 0.1) is 5.92 Å². The number of hydrogen-bond donors (Lipinski definition) is 1. The summed E-state index contributed by atoms with van der Waals surface area (Å²) < 4.78 is 0. The Balaban J connectivity index is 1.93. The van der Waals surface area contributed by atoms with Crippen LogP contribution in [0.5, 0.6) is 0 Å². The molecule has 1 saturated heterocycles. The molecule has 2 unspecified atom stereocenters. The summed E-state index contributed by atoms with van der Waals surface area (Å²) in [7, 11) is 0. The molecule has 0 aromatic carbocycles. The van der Waals surface area contributed by atoms with Crippen molar-refractivity contribution in [3.63, 3.8) is 0 Å². The molecular formula is C13H20N2O2S. The second kappa shape index (κ2) is 5.80. The summed E-state index contributed by atoms with van der Waals surface area (Å²) in [6.45, 7) is 7.72. The number of nitrogens with zero attached hydrogens (tertiary/aromatic N) is 2. The Kier molecular flexibility index (Phi) is 4.35. The van der Waals surface area contributed by atoms with E-state index in [-0.39, 0.29) is 5.69 Å². The lowest BCUT2D eigenvalue weighted by atomic mass is 9.99. The van der Waals surface area contributed by atoms with Crippen LogP contribution in [0.15, 0.2) is 5.38 Å². The van der Waals surface area contributed by atoms with E-state index < -0.39 is 5.97 Å². The number of likely N-dealkylation sites (tertiary alicyclic amines) is 1. The minimum Gasteiger partial charge on any atom is -0.476 e. The lowest BCUT2D eigenvalue weighted by Gasteiger charge is -2.32. The first-order chi connectivity index (χ1) is 8.56. The van der Waals surface area contributed by atoms with Crippen molar-refractivity contribution >= 4 is 17.3 Å².